The lowest BCUT2D eigenvalue weighted by atomic mass is 9.96. The number of aromatic nitrogens is 1. The maximum Gasteiger partial charge on any atom is 0.338 e. The average molecular weight is 557 g/mol. The van der Waals surface area contributed by atoms with Crippen LogP contribution in [0.3, 0.4) is 0 Å². The van der Waals surface area contributed by atoms with Crippen LogP contribution in [-0.4, -0.2) is 29.0 Å². The predicted molar refractivity (Wildman–Crippen MR) is 150 cm³/mol. The number of hydrogen-bond donors (Lipinski definition) is 0. The molecule has 3 aromatic rings. The van der Waals surface area contributed by atoms with E-state index in [1.54, 1.807) is 61.4 Å². The third-order valence-electron chi connectivity index (χ3n) is 5.64. The number of carbonyl (C=O) groups excluding carboxylic acids is 1. The lowest BCUT2D eigenvalue weighted by molar-refractivity contribution is -0.143. The number of thiazole rings is 1. The monoisotopic (exact) mass is 556 g/mol. The fourth-order valence-corrected chi connectivity index (χ4v) is 5.72. The summed E-state index contributed by atoms with van der Waals surface area (Å²) >= 11 is 9.16. The highest BCUT2D eigenvalue weighted by Crippen LogP contribution is 2.32. The molecule has 194 valence electrons. The molecular formula is C28H29ClN2O4S2. The lowest BCUT2D eigenvalue weighted by Gasteiger charge is -2.25. The number of ether oxygens (including phenoxy) is 2. The number of halogens is 1. The van der Waals surface area contributed by atoms with Crippen molar-refractivity contribution in [2.45, 2.75) is 57.8 Å². The summed E-state index contributed by atoms with van der Waals surface area (Å²) in [6.07, 6.45) is 3.42. The fraction of sp³-hybridized carbons (Fsp3) is 0.321. The molecule has 0 saturated heterocycles. The van der Waals surface area contributed by atoms with E-state index in [0.29, 0.717) is 36.9 Å². The van der Waals surface area contributed by atoms with Crippen molar-refractivity contribution in [2.75, 3.05) is 6.26 Å². The van der Waals surface area contributed by atoms with E-state index < -0.39 is 12.0 Å². The van der Waals surface area contributed by atoms with Crippen LogP contribution in [0.25, 0.3) is 6.08 Å². The predicted octanol–water partition coefficient (Wildman–Crippen LogP) is 5.35. The molecule has 1 aliphatic rings. The van der Waals surface area contributed by atoms with E-state index in [-0.39, 0.29) is 17.8 Å². The van der Waals surface area contributed by atoms with Crippen molar-refractivity contribution in [3.8, 4) is 5.75 Å². The van der Waals surface area contributed by atoms with Gasteiger partial charge in [0.15, 0.2) is 4.80 Å². The number of nitrogens with zero attached hydrogens (tertiary/aromatic N) is 2. The molecule has 1 atom stereocenters. The second-order valence-electron chi connectivity index (χ2n) is 9.16. The van der Waals surface area contributed by atoms with Gasteiger partial charge in [0.2, 0.25) is 0 Å². The van der Waals surface area contributed by atoms with Gasteiger partial charge >= 0.3 is 5.97 Å². The molecule has 1 aliphatic heterocycles. The number of rotatable bonds is 7. The van der Waals surface area contributed by atoms with Gasteiger partial charge in [-0.05, 0) is 82.8 Å². The number of hydrogen-bond acceptors (Lipinski definition) is 7. The van der Waals surface area contributed by atoms with Crippen LogP contribution in [0.5, 0.6) is 5.75 Å². The van der Waals surface area contributed by atoms with Crippen molar-refractivity contribution in [1.29, 1.82) is 0 Å². The van der Waals surface area contributed by atoms with E-state index in [0.717, 1.165) is 10.5 Å². The third-order valence-corrected chi connectivity index (χ3v) is 7.60. The molecule has 0 unspecified atom stereocenters. The SMILES string of the molecule is CSc1ccc([C@H]2C(C(=O)OC(C)C)=C(C)N=c3s/c(=C\c4cc(Cl)ccc4OC(C)C)c(=O)n32)cc1. The van der Waals surface area contributed by atoms with Gasteiger partial charge in [-0.15, -0.1) is 11.8 Å². The Bertz CT molecular complexity index is 1540. The first kappa shape index (κ1) is 27.2. The molecule has 0 spiro atoms. The number of benzene rings is 2. The van der Waals surface area contributed by atoms with Crippen LogP contribution in [0.1, 0.15) is 51.8 Å². The first-order chi connectivity index (χ1) is 17.6. The smallest absolute Gasteiger partial charge is 0.338 e. The largest absolute Gasteiger partial charge is 0.490 e. The van der Waals surface area contributed by atoms with Gasteiger partial charge in [-0.3, -0.25) is 9.36 Å². The maximum atomic E-state index is 13.9. The topological polar surface area (TPSA) is 69.9 Å². The van der Waals surface area contributed by atoms with Gasteiger partial charge in [-0.25, -0.2) is 9.79 Å². The summed E-state index contributed by atoms with van der Waals surface area (Å²) in [6, 6.07) is 12.5. The maximum absolute atomic E-state index is 13.9. The third kappa shape index (κ3) is 5.87. The Hall–Kier alpha value is -2.81. The van der Waals surface area contributed by atoms with Gasteiger partial charge in [0.05, 0.1) is 34.1 Å². The van der Waals surface area contributed by atoms with Crippen LogP contribution in [0.15, 0.2) is 68.4 Å². The number of carbonyl (C=O) groups is 1. The summed E-state index contributed by atoms with van der Waals surface area (Å²) < 4.78 is 13.6. The summed E-state index contributed by atoms with van der Waals surface area (Å²) in [5, 5.41) is 0.538. The highest BCUT2D eigenvalue weighted by molar-refractivity contribution is 7.98. The van der Waals surface area contributed by atoms with Crippen LogP contribution in [0.4, 0.5) is 0 Å². The normalized spacial score (nSPS) is 15.7. The van der Waals surface area contributed by atoms with Crippen LogP contribution in [0, 0.1) is 0 Å². The second kappa shape index (κ2) is 11.3. The molecule has 0 radical (unpaired) electrons. The zero-order valence-electron chi connectivity index (χ0n) is 21.6. The number of esters is 1. The second-order valence-corrected chi connectivity index (χ2v) is 11.5. The number of fused-ring (bicyclic) bond motifs is 1. The van der Waals surface area contributed by atoms with Gasteiger partial charge in [-0.2, -0.15) is 0 Å². The van der Waals surface area contributed by atoms with Crippen LogP contribution < -0.4 is 19.6 Å². The molecule has 2 heterocycles. The van der Waals surface area contributed by atoms with Gasteiger partial charge in [0, 0.05) is 15.5 Å². The summed E-state index contributed by atoms with van der Waals surface area (Å²) in [7, 11) is 0. The molecule has 2 aromatic carbocycles. The van der Waals surface area contributed by atoms with Crippen molar-refractivity contribution < 1.29 is 14.3 Å². The molecule has 9 heteroatoms. The Morgan fingerprint density at radius 1 is 1.14 bits per heavy atom. The Morgan fingerprint density at radius 3 is 2.46 bits per heavy atom. The van der Waals surface area contributed by atoms with E-state index in [1.807, 2.05) is 44.4 Å². The first-order valence-corrected chi connectivity index (χ1v) is 14.3. The number of thioether (sulfide) groups is 1. The molecule has 1 aromatic heterocycles. The highest BCUT2D eigenvalue weighted by Gasteiger charge is 2.33. The van der Waals surface area contributed by atoms with Crippen LogP contribution in [0.2, 0.25) is 5.02 Å². The van der Waals surface area contributed by atoms with E-state index in [9.17, 15) is 9.59 Å². The molecule has 0 bridgehead atoms. The summed E-state index contributed by atoms with van der Waals surface area (Å²) in [4.78, 5) is 33.4. The van der Waals surface area contributed by atoms with Crippen molar-refractivity contribution in [3.63, 3.8) is 0 Å². The Labute approximate surface area is 229 Å². The average Bonchev–Trinajstić information content (AvgIpc) is 3.13. The van der Waals surface area contributed by atoms with E-state index in [1.165, 1.54) is 11.3 Å². The molecule has 6 nitrogen and oxygen atoms in total. The van der Waals surface area contributed by atoms with Gasteiger partial charge in [-0.1, -0.05) is 35.1 Å². The minimum atomic E-state index is -0.661. The van der Waals surface area contributed by atoms with Crippen molar-refractivity contribution in [1.82, 2.24) is 4.57 Å². The number of allylic oxidation sites excluding steroid dienone is 1. The minimum absolute atomic E-state index is 0.0454. The van der Waals surface area contributed by atoms with Crippen LogP contribution >= 0.6 is 34.7 Å². The highest BCUT2D eigenvalue weighted by atomic mass is 35.5. The van der Waals surface area contributed by atoms with E-state index in [4.69, 9.17) is 21.1 Å². The minimum Gasteiger partial charge on any atom is -0.490 e. The van der Waals surface area contributed by atoms with Gasteiger partial charge in [0.1, 0.15) is 5.75 Å². The van der Waals surface area contributed by atoms with Crippen molar-refractivity contribution in [3.05, 3.63) is 89.6 Å². The quantitative estimate of drug-likeness (QED) is 0.290. The fourth-order valence-electron chi connectivity index (χ4n) is 4.10. The summed E-state index contributed by atoms with van der Waals surface area (Å²) in [6.45, 7) is 9.26. The Balaban J connectivity index is 1.94. The Morgan fingerprint density at radius 2 is 1.84 bits per heavy atom. The summed E-state index contributed by atoms with van der Waals surface area (Å²) in [5.74, 6) is 0.152. The van der Waals surface area contributed by atoms with Crippen molar-refractivity contribution in [2.24, 2.45) is 4.99 Å². The molecule has 0 fully saturated rings. The van der Waals surface area contributed by atoms with E-state index in [2.05, 4.69) is 4.99 Å². The molecule has 37 heavy (non-hydrogen) atoms. The van der Waals surface area contributed by atoms with E-state index >= 15 is 0 Å². The summed E-state index contributed by atoms with van der Waals surface area (Å²) in [5.41, 5.74) is 2.14. The lowest BCUT2D eigenvalue weighted by Crippen LogP contribution is -2.40. The standard InChI is InChI=1S/C28H29ClN2O4S2/c1-15(2)34-22-12-9-20(29)13-19(22)14-23-26(32)31-25(18-7-10-21(36-6)11-8-18)24(27(33)35-16(3)4)17(5)30-28(31)37-23/h7-16,25H,1-6H3/b23-14-/t25-/m0/s1. The molecule has 0 N–H and O–H groups in total. The molecule has 0 aliphatic carbocycles. The van der Waals surface area contributed by atoms with Gasteiger partial charge in [0.25, 0.3) is 5.56 Å². The molecular weight excluding hydrogens is 528 g/mol. The van der Waals surface area contributed by atoms with Gasteiger partial charge < -0.3 is 9.47 Å². The van der Waals surface area contributed by atoms with Crippen molar-refractivity contribution >= 4 is 46.7 Å². The van der Waals surface area contributed by atoms with Crippen LogP contribution in [-0.2, 0) is 9.53 Å². The zero-order valence-corrected chi connectivity index (χ0v) is 24.0. The zero-order chi connectivity index (χ0) is 26.9. The molecule has 4 rings (SSSR count). The molecule has 0 saturated carbocycles. The Kier molecular flexibility index (Phi) is 8.31. The molecule has 0 amide bonds. The first-order valence-electron chi connectivity index (χ1n) is 11.9.